The maximum atomic E-state index is 12.6. The zero-order chi connectivity index (χ0) is 16.4. The zero-order valence-corrected chi connectivity index (χ0v) is 13.6. The molecule has 120 valence electrons. The molecule has 3 aromatic rings. The lowest BCUT2D eigenvalue weighted by molar-refractivity contribution is -0.137. The Labute approximate surface area is 141 Å². The summed E-state index contributed by atoms with van der Waals surface area (Å²) in [7, 11) is 0. The molecule has 23 heavy (non-hydrogen) atoms. The van der Waals surface area contributed by atoms with Gasteiger partial charge in [-0.15, -0.1) is 0 Å². The molecular formula is C13H7ClF3N3OS2. The molecule has 0 atom stereocenters. The number of alkyl halides is 3. The van der Waals surface area contributed by atoms with E-state index in [1.165, 1.54) is 11.3 Å². The molecule has 3 rings (SSSR count). The highest BCUT2D eigenvalue weighted by molar-refractivity contribution is 7.98. The van der Waals surface area contributed by atoms with E-state index in [1.807, 2.05) is 16.8 Å². The van der Waals surface area contributed by atoms with E-state index in [4.69, 9.17) is 16.1 Å². The summed E-state index contributed by atoms with van der Waals surface area (Å²) in [4.78, 5) is 7.95. The Balaban J connectivity index is 1.69. The second-order valence-electron chi connectivity index (χ2n) is 4.33. The predicted molar refractivity (Wildman–Crippen MR) is 81.4 cm³/mol. The van der Waals surface area contributed by atoms with E-state index in [-0.39, 0.29) is 15.8 Å². The van der Waals surface area contributed by atoms with Gasteiger partial charge in [0.05, 0.1) is 21.9 Å². The van der Waals surface area contributed by atoms with Crippen molar-refractivity contribution in [3.63, 3.8) is 0 Å². The molecule has 0 spiro atoms. The first-order valence-corrected chi connectivity index (χ1v) is 8.45. The van der Waals surface area contributed by atoms with Crippen molar-refractivity contribution in [1.29, 1.82) is 0 Å². The number of thioether (sulfide) groups is 1. The number of hydrogen-bond donors (Lipinski definition) is 0. The molecule has 3 aromatic heterocycles. The van der Waals surface area contributed by atoms with E-state index in [0.29, 0.717) is 11.7 Å². The largest absolute Gasteiger partial charge is 0.417 e. The molecule has 0 aromatic carbocycles. The molecule has 0 N–H and O–H groups in total. The Kier molecular flexibility index (Phi) is 4.60. The van der Waals surface area contributed by atoms with Crippen molar-refractivity contribution in [1.82, 2.24) is 15.1 Å². The van der Waals surface area contributed by atoms with E-state index in [1.54, 1.807) is 0 Å². The Hall–Kier alpha value is -1.58. The minimum absolute atomic E-state index is 0.0635. The van der Waals surface area contributed by atoms with Crippen LogP contribution < -0.4 is 0 Å². The molecule has 0 fully saturated rings. The lowest BCUT2D eigenvalue weighted by Crippen LogP contribution is -2.05. The number of nitrogens with zero attached hydrogens (tertiary/aromatic N) is 3. The Morgan fingerprint density at radius 2 is 2.17 bits per heavy atom. The number of rotatable bonds is 4. The zero-order valence-electron chi connectivity index (χ0n) is 11.2. The smallest absolute Gasteiger partial charge is 0.334 e. The molecule has 0 amide bonds. The van der Waals surface area contributed by atoms with Gasteiger partial charge in [-0.25, -0.2) is 4.98 Å². The first kappa shape index (κ1) is 16.3. The second kappa shape index (κ2) is 6.50. The lowest BCUT2D eigenvalue weighted by Gasteiger charge is -2.08. The standard InChI is InChI=1S/C13H7ClF3N3OS2/c14-9-3-8(13(15,16)17)4-18-12(9)23-6-10-19-11(21-20-10)7-1-2-22-5-7/h1-5H,6H2. The van der Waals surface area contributed by atoms with E-state index in [0.717, 1.165) is 29.6 Å². The minimum Gasteiger partial charge on any atom is -0.334 e. The quantitative estimate of drug-likeness (QED) is 0.588. The second-order valence-corrected chi connectivity index (χ2v) is 6.48. The van der Waals surface area contributed by atoms with Crippen molar-refractivity contribution in [2.75, 3.05) is 0 Å². The maximum absolute atomic E-state index is 12.6. The number of thiophene rings is 1. The molecule has 0 saturated heterocycles. The molecule has 4 nitrogen and oxygen atoms in total. The fourth-order valence-corrected chi connectivity index (χ4v) is 3.30. The summed E-state index contributed by atoms with van der Waals surface area (Å²) in [5.74, 6) is 1.09. The molecule has 10 heteroatoms. The molecule has 0 aliphatic carbocycles. The van der Waals surface area contributed by atoms with E-state index < -0.39 is 11.7 Å². The number of hydrogen-bond acceptors (Lipinski definition) is 6. The molecular weight excluding hydrogens is 371 g/mol. The minimum atomic E-state index is -4.47. The van der Waals surface area contributed by atoms with Gasteiger partial charge in [0.15, 0.2) is 5.82 Å². The number of aromatic nitrogens is 3. The fraction of sp³-hybridized carbons (Fsp3) is 0.154. The summed E-state index contributed by atoms with van der Waals surface area (Å²) < 4.78 is 42.8. The van der Waals surface area contributed by atoms with Crippen LogP contribution in [-0.4, -0.2) is 15.1 Å². The van der Waals surface area contributed by atoms with Gasteiger partial charge >= 0.3 is 6.18 Å². The van der Waals surface area contributed by atoms with Crippen LogP contribution in [0.25, 0.3) is 11.5 Å². The third-order valence-corrected chi connectivity index (χ3v) is 4.79. The molecule has 3 heterocycles. The predicted octanol–water partition coefficient (Wildman–Crippen LogP) is 5.16. The third-order valence-electron chi connectivity index (χ3n) is 2.71. The highest BCUT2D eigenvalue weighted by Crippen LogP contribution is 2.34. The Bertz CT molecular complexity index is 805. The third kappa shape index (κ3) is 3.85. The van der Waals surface area contributed by atoms with Crippen molar-refractivity contribution in [3.05, 3.63) is 45.5 Å². The average molecular weight is 378 g/mol. The fourth-order valence-electron chi connectivity index (χ4n) is 1.64. The van der Waals surface area contributed by atoms with Crippen molar-refractivity contribution >= 4 is 34.7 Å². The molecule has 0 aliphatic rings. The van der Waals surface area contributed by atoms with Gasteiger partial charge in [-0.2, -0.15) is 29.5 Å². The van der Waals surface area contributed by atoms with Crippen molar-refractivity contribution in [3.8, 4) is 11.5 Å². The highest BCUT2D eigenvalue weighted by Gasteiger charge is 2.31. The van der Waals surface area contributed by atoms with Crippen LogP contribution in [0, 0.1) is 0 Å². The molecule has 0 radical (unpaired) electrons. The van der Waals surface area contributed by atoms with Gasteiger partial charge in [0.1, 0.15) is 5.03 Å². The normalized spacial score (nSPS) is 11.8. The van der Waals surface area contributed by atoms with Crippen LogP contribution in [-0.2, 0) is 11.9 Å². The summed E-state index contributed by atoms with van der Waals surface area (Å²) in [5, 5.41) is 7.80. The molecule has 0 aliphatic heterocycles. The molecule has 0 bridgehead atoms. The Morgan fingerprint density at radius 3 is 2.83 bits per heavy atom. The summed E-state index contributed by atoms with van der Waals surface area (Å²) in [5.41, 5.74) is -0.0596. The van der Waals surface area contributed by atoms with Gasteiger partial charge in [-0.3, -0.25) is 0 Å². The van der Waals surface area contributed by atoms with Crippen LogP contribution in [0.3, 0.4) is 0 Å². The average Bonchev–Trinajstić information content (AvgIpc) is 3.16. The molecule has 0 saturated carbocycles. The molecule has 0 unspecified atom stereocenters. The van der Waals surface area contributed by atoms with Gasteiger partial charge in [0, 0.05) is 11.6 Å². The topological polar surface area (TPSA) is 51.8 Å². The summed E-state index contributed by atoms with van der Waals surface area (Å²) >= 11 is 8.49. The van der Waals surface area contributed by atoms with Gasteiger partial charge < -0.3 is 4.52 Å². The Morgan fingerprint density at radius 1 is 1.35 bits per heavy atom. The number of halogens is 4. The first-order valence-electron chi connectivity index (χ1n) is 6.14. The van der Waals surface area contributed by atoms with Gasteiger partial charge in [-0.1, -0.05) is 28.5 Å². The van der Waals surface area contributed by atoms with Gasteiger partial charge in [0.2, 0.25) is 0 Å². The maximum Gasteiger partial charge on any atom is 0.417 e. The van der Waals surface area contributed by atoms with E-state index >= 15 is 0 Å². The monoisotopic (exact) mass is 377 g/mol. The lowest BCUT2D eigenvalue weighted by atomic mass is 10.3. The highest BCUT2D eigenvalue weighted by atomic mass is 35.5. The summed E-state index contributed by atoms with van der Waals surface area (Å²) in [6.45, 7) is 0. The van der Waals surface area contributed by atoms with Gasteiger partial charge in [-0.05, 0) is 17.5 Å². The van der Waals surface area contributed by atoms with Crippen molar-refractivity contribution < 1.29 is 17.7 Å². The van der Waals surface area contributed by atoms with Crippen LogP contribution in [0.15, 0.2) is 38.6 Å². The van der Waals surface area contributed by atoms with Crippen LogP contribution in [0.4, 0.5) is 13.2 Å². The SMILES string of the molecule is FC(F)(F)c1cnc(SCc2noc(-c3ccsc3)n2)c(Cl)c1. The van der Waals surface area contributed by atoms with Crippen LogP contribution in [0.2, 0.25) is 5.02 Å². The van der Waals surface area contributed by atoms with Crippen molar-refractivity contribution in [2.45, 2.75) is 17.0 Å². The van der Waals surface area contributed by atoms with Crippen LogP contribution in [0.5, 0.6) is 0 Å². The van der Waals surface area contributed by atoms with E-state index in [2.05, 4.69) is 15.1 Å². The van der Waals surface area contributed by atoms with Gasteiger partial charge in [0.25, 0.3) is 5.89 Å². The number of pyridine rings is 1. The van der Waals surface area contributed by atoms with Crippen molar-refractivity contribution in [2.24, 2.45) is 0 Å². The van der Waals surface area contributed by atoms with Crippen LogP contribution >= 0.6 is 34.7 Å². The summed E-state index contributed by atoms with van der Waals surface area (Å²) in [6, 6.07) is 2.70. The van der Waals surface area contributed by atoms with E-state index in [9.17, 15) is 13.2 Å². The first-order chi connectivity index (χ1) is 10.9. The van der Waals surface area contributed by atoms with Crippen LogP contribution in [0.1, 0.15) is 11.4 Å². The summed E-state index contributed by atoms with van der Waals surface area (Å²) in [6.07, 6.45) is -3.72.